The first-order valence-electron chi connectivity index (χ1n) is 13.1. The molecule has 3 fully saturated rings. The highest BCUT2D eigenvalue weighted by molar-refractivity contribution is 7.89. The lowest BCUT2D eigenvalue weighted by Crippen LogP contribution is -2.55. The molecule has 40 heavy (non-hydrogen) atoms. The van der Waals surface area contributed by atoms with Gasteiger partial charge >= 0.3 is 0 Å². The molecule has 2 aromatic heterocycles. The lowest BCUT2D eigenvalue weighted by atomic mass is 10.1. The van der Waals surface area contributed by atoms with Gasteiger partial charge in [0.25, 0.3) is 5.92 Å². The quantitative estimate of drug-likeness (QED) is 0.431. The van der Waals surface area contributed by atoms with Crippen LogP contribution in [0.25, 0.3) is 5.52 Å². The second kappa shape index (κ2) is 10.1. The van der Waals surface area contributed by atoms with Gasteiger partial charge in [-0.2, -0.15) is 4.31 Å². The van der Waals surface area contributed by atoms with Crippen LogP contribution in [0.2, 0.25) is 5.02 Å². The molecule has 0 saturated carbocycles. The van der Waals surface area contributed by atoms with Crippen LogP contribution in [0.4, 0.5) is 19.0 Å². The van der Waals surface area contributed by atoms with Gasteiger partial charge in [-0.15, -0.1) is 0 Å². The zero-order valence-electron chi connectivity index (χ0n) is 21.4. The van der Waals surface area contributed by atoms with Crippen LogP contribution < -0.4 is 4.90 Å². The molecule has 2 N–H and O–H groups in total. The van der Waals surface area contributed by atoms with Gasteiger partial charge in [0.15, 0.2) is 0 Å². The standard InChI is InChI=1S/C26H29ClF3N5O4S/c27-22-9-16(28)1-4-21(22)25(37)32-13-17-2-3-18(14-32)34(17)24-11-20(10-19-12-31-23(5-8-36)35(19)24)40(38,39)33-7-6-26(29,30)15-33/h1,4,9-12,17-18,25,36-37H,2-3,5-8,13-15H2. The summed E-state index contributed by atoms with van der Waals surface area (Å²) in [5.41, 5.74) is 0.874. The fraction of sp³-hybridized carbons (Fsp3) is 0.500. The van der Waals surface area contributed by atoms with E-state index in [9.17, 15) is 31.8 Å². The molecule has 1 aromatic carbocycles. The third kappa shape index (κ3) is 4.76. The van der Waals surface area contributed by atoms with Crippen molar-refractivity contribution in [1.29, 1.82) is 0 Å². The summed E-state index contributed by atoms with van der Waals surface area (Å²) in [6.45, 7) is -0.442. The Morgan fingerprint density at radius 3 is 2.50 bits per heavy atom. The lowest BCUT2D eigenvalue weighted by Gasteiger charge is -2.44. The highest BCUT2D eigenvalue weighted by Gasteiger charge is 2.46. The van der Waals surface area contributed by atoms with Crippen molar-refractivity contribution >= 4 is 33.0 Å². The Hall–Kier alpha value is -2.42. The largest absolute Gasteiger partial charge is 0.396 e. The van der Waals surface area contributed by atoms with Crippen LogP contribution in [0.15, 0.2) is 41.4 Å². The van der Waals surface area contributed by atoms with Crippen molar-refractivity contribution in [3.8, 4) is 0 Å². The molecule has 3 aromatic rings. The van der Waals surface area contributed by atoms with Crippen LogP contribution in [-0.4, -0.2) is 88.0 Å². The molecule has 0 aliphatic carbocycles. The molecule has 3 saturated heterocycles. The Labute approximate surface area is 234 Å². The first-order valence-corrected chi connectivity index (χ1v) is 14.9. The topological polar surface area (TPSA) is 102 Å². The SMILES string of the molecule is O=S(=O)(c1cc(N2C3CCC2CN(C(O)c2ccc(F)cc2Cl)C3)n2c(CCO)ncc2c1)N1CCC(F)(F)C1. The van der Waals surface area contributed by atoms with E-state index in [2.05, 4.69) is 9.88 Å². The van der Waals surface area contributed by atoms with E-state index in [1.54, 1.807) is 0 Å². The third-order valence-corrected chi connectivity index (χ3v) is 10.3. The Morgan fingerprint density at radius 1 is 1.15 bits per heavy atom. The molecule has 216 valence electrons. The number of pyridine rings is 1. The molecular formula is C26H29ClF3N5O4S. The molecule has 5 heterocycles. The van der Waals surface area contributed by atoms with Crippen LogP contribution >= 0.6 is 11.6 Å². The Morgan fingerprint density at radius 2 is 1.88 bits per heavy atom. The number of piperazine rings is 1. The number of nitrogens with zero attached hydrogens (tertiary/aromatic N) is 5. The van der Waals surface area contributed by atoms with Crippen LogP contribution in [0.3, 0.4) is 0 Å². The lowest BCUT2D eigenvalue weighted by molar-refractivity contribution is -0.0116. The molecule has 2 bridgehead atoms. The van der Waals surface area contributed by atoms with Crippen LogP contribution in [0, 0.1) is 5.82 Å². The second-order valence-corrected chi connectivity index (χ2v) is 13.0. The summed E-state index contributed by atoms with van der Waals surface area (Å²) in [5.74, 6) is -2.48. The van der Waals surface area contributed by atoms with E-state index in [4.69, 9.17) is 11.6 Å². The van der Waals surface area contributed by atoms with Crippen molar-refractivity contribution in [2.24, 2.45) is 0 Å². The Bertz CT molecular complexity index is 1540. The number of imidazole rings is 1. The number of hydrogen-bond acceptors (Lipinski definition) is 7. The van der Waals surface area contributed by atoms with E-state index >= 15 is 0 Å². The number of likely N-dealkylation sites (tertiary alicyclic amines) is 1. The summed E-state index contributed by atoms with van der Waals surface area (Å²) in [6.07, 6.45) is 1.71. The number of benzene rings is 1. The Kier molecular flexibility index (Phi) is 7.03. The molecule has 3 unspecified atom stereocenters. The molecule has 3 atom stereocenters. The molecule has 14 heteroatoms. The number of aliphatic hydroxyl groups excluding tert-OH is 2. The van der Waals surface area contributed by atoms with E-state index in [0.717, 1.165) is 23.2 Å². The van der Waals surface area contributed by atoms with Crippen molar-refractivity contribution in [3.05, 3.63) is 58.8 Å². The van der Waals surface area contributed by atoms with Gasteiger partial charge in [-0.25, -0.2) is 26.6 Å². The van der Waals surface area contributed by atoms with Crippen molar-refractivity contribution in [2.45, 2.75) is 54.8 Å². The monoisotopic (exact) mass is 599 g/mol. The average molecular weight is 600 g/mol. The molecular weight excluding hydrogens is 571 g/mol. The summed E-state index contributed by atoms with van der Waals surface area (Å²) in [7, 11) is -4.21. The zero-order chi connectivity index (χ0) is 28.4. The van der Waals surface area contributed by atoms with Crippen molar-refractivity contribution < 1.29 is 31.8 Å². The van der Waals surface area contributed by atoms with Gasteiger partial charge < -0.3 is 15.1 Å². The predicted molar refractivity (Wildman–Crippen MR) is 142 cm³/mol. The van der Waals surface area contributed by atoms with Crippen LogP contribution in [0.5, 0.6) is 0 Å². The highest BCUT2D eigenvalue weighted by atomic mass is 35.5. The zero-order valence-corrected chi connectivity index (χ0v) is 23.0. The fourth-order valence-electron chi connectivity index (χ4n) is 6.24. The number of halogens is 4. The van der Waals surface area contributed by atoms with Gasteiger partial charge in [-0.3, -0.25) is 9.30 Å². The molecule has 0 radical (unpaired) electrons. The maximum Gasteiger partial charge on any atom is 0.262 e. The van der Waals surface area contributed by atoms with Crippen LogP contribution in [-0.2, 0) is 16.4 Å². The van der Waals surface area contributed by atoms with E-state index in [0.29, 0.717) is 35.8 Å². The van der Waals surface area contributed by atoms with Gasteiger partial charge in [0, 0.05) is 50.1 Å². The maximum atomic E-state index is 13.9. The average Bonchev–Trinajstić information content (AvgIpc) is 3.56. The van der Waals surface area contributed by atoms with Gasteiger partial charge in [0.1, 0.15) is 23.7 Å². The third-order valence-electron chi connectivity index (χ3n) is 8.12. The first kappa shape index (κ1) is 27.7. The summed E-state index contributed by atoms with van der Waals surface area (Å²) in [4.78, 5) is 8.29. The molecule has 0 spiro atoms. The number of hydrogen-bond donors (Lipinski definition) is 2. The maximum absolute atomic E-state index is 13.9. The summed E-state index contributed by atoms with van der Waals surface area (Å²) in [5, 5.41) is 20.9. The number of rotatable bonds is 7. The highest BCUT2D eigenvalue weighted by Crippen LogP contribution is 2.40. The number of aromatic nitrogens is 2. The van der Waals surface area contributed by atoms with Gasteiger partial charge in [-0.05, 0) is 37.1 Å². The van der Waals surface area contributed by atoms with E-state index in [1.165, 1.54) is 30.5 Å². The molecule has 3 aliphatic heterocycles. The van der Waals surface area contributed by atoms with E-state index in [1.807, 2.05) is 9.30 Å². The van der Waals surface area contributed by atoms with Crippen LogP contribution in [0.1, 0.15) is 36.9 Å². The van der Waals surface area contributed by atoms with Crippen molar-refractivity contribution in [2.75, 3.05) is 37.7 Å². The van der Waals surface area contributed by atoms with Crippen molar-refractivity contribution in [1.82, 2.24) is 18.6 Å². The summed E-state index contributed by atoms with van der Waals surface area (Å²) < 4.78 is 71.0. The summed E-state index contributed by atoms with van der Waals surface area (Å²) >= 11 is 6.21. The summed E-state index contributed by atoms with van der Waals surface area (Å²) in [6, 6.07) is 6.57. The molecule has 3 aliphatic rings. The van der Waals surface area contributed by atoms with E-state index < -0.39 is 41.0 Å². The predicted octanol–water partition coefficient (Wildman–Crippen LogP) is 3.04. The minimum Gasteiger partial charge on any atom is -0.396 e. The number of aliphatic hydroxyl groups is 2. The first-order chi connectivity index (χ1) is 19.0. The van der Waals surface area contributed by atoms with Gasteiger partial charge in [-0.1, -0.05) is 17.7 Å². The second-order valence-electron chi connectivity index (χ2n) is 10.7. The minimum absolute atomic E-state index is 0.0943. The fourth-order valence-corrected chi connectivity index (χ4v) is 8.02. The van der Waals surface area contributed by atoms with Crippen molar-refractivity contribution in [3.63, 3.8) is 0 Å². The minimum atomic E-state index is -4.21. The normalized spacial score (nSPS) is 24.3. The number of sulfonamides is 1. The van der Waals surface area contributed by atoms with Gasteiger partial charge in [0.2, 0.25) is 10.0 Å². The van der Waals surface area contributed by atoms with Gasteiger partial charge in [0.05, 0.1) is 34.8 Å². The number of alkyl halides is 2. The number of anilines is 1. The molecule has 0 amide bonds. The Balaban J connectivity index is 1.37. The molecule has 9 nitrogen and oxygen atoms in total. The number of fused-ring (bicyclic) bond motifs is 3. The smallest absolute Gasteiger partial charge is 0.262 e. The van der Waals surface area contributed by atoms with E-state index in [-0.39, 0.29) is 41.6 Å². The molecule has 6 rings (SSSR count).